The zero-order valence-electron chi connectivity index (χ0n) is 11.2. The molecule has 0 radical (unpaired) electrons. The van der Waals surface area contributed by atoms with E-state index in [-0.39, 0.29) is 5.56 Å². The average molecular weight is 263 g/mol. The molecule has 2 heterocycles. The maximum absolute atomic E-state index is 11.9. The van der Waals surface area contributed by atoms with E-state index in [9.17, 15) is 4.79 Å². The number of H-pyrrole nitrogens is 1. The van der Waals surface area contributed by atoms with Crippen LogP contribution in [0.2, 0.25) is 0 Å². The third-order valence-corrected chi connectivity index (χ3v) is 4.08. The molecule has 104 valence electrons. The van der Waals surface area contributed by atoms with Gasteiger partial charge in [-0.1, -0.05) is 12.8 Å². The Kier molecular flexibility index (Phi) is 3.94. The van der Waals surface area contributed by atoms with Gasteiger partial charge in [-0.25, -0.2) is 4.98 Å². The minimum absolute atomic E-state index is 0.0395. The number of aromatic amines is 1. The molecule has 5 heteroatoms. The fourth-order valence-corrected chi connectivity index (χ4v) is 2.99. The molecule has 1 saturated carbocycles. The number of aromatic nitrogens is 2. The van der Waals surface area contributed by atoms with Crippen molar-refractivity contribution in [3.8, 4) is 0 Å². The predicted octanol–water partition coefficient (Wildman–Crippen LogP) is 1.12. The van der Waals surface area contributed by atoms with Crippen LogP contribution in [0.3, 0.4) is 0 Å². The van der Waals surface area contributed by atoms with E-state index in [0.29, 0.717) is 25.3 Å². The van der Waals surface area contributed by atoms with E-state index in [1.54, 1.807) is 0 Å². The molecule has 2 N–H and O–H groups in total. The smallest absolute Gasteiger partial charge is 0.256 e. The van der Waals surface area contributed by atoms with Crippen molar-refractivity contribution in [3.63, 3.8) is 0 Å². The van der Waals surface area contributed by atoms with Crippen LogP contribution in [0, 0.1) is 5.92 Å². The van der Waals surface area contributed by atoms with Gasteiger partial charge in [0.1, 0.15) is 5.82 Å². The minimum Gasteiger partial charge on any atom is -0.376 e. The van der Waals surface area contributed by atoms with E-state index in [1.807, 2.05) is 0 Å². The van der Waals surface area contributed by atoms with Gasteiger partial charge in [0, 0.05) is 6.42 Å². The van der Waals surface area contributed by atoms with Crippen LogP contribution in [0.5, 0.6) is 0 Å². The maximum atomic E-state index is 11.9. The van der Waals surface area contributed by atoms with E-state index in [2.05, 4.69) is 15.3 Å². The predicted molar refractivity (Wildman–Crippen MR) is 71.9 cm³/mol. The number of fused-ring (bicyclic) bond motifs is 1. The van der Waals surface area contributed by atoms with Gasteiger partial charge < -0.3 is 15.0 Å². The number of nitrogens with one attached hydrogen (secondary N) is 2. The highest BCUT2D eigenvalue weighted by atomic mass is 16.5. The fourth-order valence-electron chi connectivity index (χ4n) is 2.99. The molecule has 1 aliphatic carbocycles. The number of hydrogen-bond acceptors (Lipinski definition) is 4. The molecule has 0 spiro atoms. The Morgan fingerprint density at radius 2 is 2.21 bits per heavy atom. The van der Waals surface area contributed by atoms with Crippen LogP contribution in [-0.2, 0) is 24.3 Å². The van der Waals surface area contributed by atoms with E-state index in [4.69, 9.17) is 4.74 Å². The summed E-state index contributed by atoms with van der Waals surface area (Å²) in [4.78, 5) is 19.3. The second-order valence-corrected chi connectivity index (χ2v) is 5.52. The molecular weight excluding hydrogens is 242 g/mol. The van der Waals surface area contributed by atoms with Gasteiger partial charge in [-0.3, -0.25) is 4.79 Å². The third-order valence-electron chi connectivity index (χ3n) is 4.08. The quantitative estimate of drug-likeness (QED) is 0.854. The molecule has 19 heavy (non-hydrogen) atoms. The number of rotatable bonds is 4. The Bertz CT molecular complexity index is 492. The van der Waals surface area contributed by atoms with E-state index in [1.165, 1.54) is 25.7 Å². The molecule has 1 aromatic rings. The molecule has 0 atom stereocenters. The molecule has 0 unspecified atom stereocenters. The van der Waals surface area contributed by atoms with Crippen LogP contribution in [-0.4, -0.2) is 23.1 Å². The summed E-state index contributed by atoms with van der Waals surface area (Å²) in [5, 5.41) is 3.41. The van der Waals surface area contributed by atoms with Crippen LogP contribution < -0.4 is 10.9 Å². The maximum Gasteiger partial charge on any atom is 0.256 e. The number of ether oxygens (including phenoxy) is 1. The first kappa shape index (κ1) is 12.8. The van der Waals surface area contributed by atoms with E-state index < -0.39 is 0 Å². The van der Waals surface area contributed by atoms with Gasteiger partial charge in [-0.05, 0) is 25.3 Å². The zero-order valence-corrected chi connectivity index (χ0v) is 11.2. The molecule has 1 aliphatic heterocycles. The molecule has 5 nitrogen and oxygen atoms in total. The first-order valence-electron chi connectivity index (χ1n) is 7.22. The van der Waals surface area contributed by atoms with Crippen molar-refractivity contribution in [2.75, 3.05) is 13.2 Å². The summed E-state index contributed by atoms with van der Waals surface area (Å²) in [6, 6.07) is 0. The molecule has 0 bridgehead atoms. The van der Waals surface area contributed by atoms with Crippen LogP contribution in [0.4, 0.5) is 0 Å². The van der Waals surface area contributed by atoms with Gasteiger partial charge in [0.25, 0.3) is 5.56 Å². The first-order chi connectivity index (χ1) is 9.33. The fraction of sp³-hybridized carbons (Fsp3) is 0.714. The highest BCUT2D eigenvalue weighted by Gasteiger charge is 2.17. The van der Waals surface area contributed by atoms with Gasteiger partial charge in [0.15, 0.2) is 0 Å². The highest BCUT2D eigenvalue weighted by molar-refractivity contribution is 5.19. The monoisotopic (exact) mass is 263 g/mol. The standard InChI is InChI=1S/C14H21N3O2/c18-14-11-9-19-6-5-12(11)16-13(17-14)8-15-7-10-3-1-2-4-10/h10,15H,1-9H2,(H,16,17,18). The second kappa shape index (κ2) is 5.84. The number of nitrogens with zero attached hydrogens (tertiary/aromatic N) is 1. The van der Waals surface area contributed by atoms with Crippen molar-refractivity contribution < 1.29 is 4.74 Å². The summed E-state index contributed by atoms with van der Waals surface area (Å²) < 4.78 is 5.29. The lowest BCUT2D eigenvalue weighted by atomic mass is 10.1. The van der Waals surface area contributed by atoms with Gasteiger partial charge in [0.2, 0.25) is 0 Å². The van der Waals surface area contributed by atoms with Crippen molar-refractivity contribution in [1.29, 1.82) is 0 Å². The second-order valence-electron chi connectivity index (χ2n) is 5.52. The summed E-state index contributed by atoms with van der Waals surface area (Å²) in [5.41, 5.74) is 1.57. The first-order valence-corrected chi connectivity index (χ1v) is 7.22. The van der Waals surface area contributed by atoms with Crippen LogP contribution >= 0.6 is 0 Å². The zero-order chi connectivity index (χ0) is 13.1. The van der Waals surface area contributed by atoms with Gasteiger partial charge in [0.05, 0.1) is 31.0 Å². The van der Waals surface area contributed by atoms with Crippen molar-refractivity contribution in [3.05, 3.63) is 27.4 Å². The summed E-state index contributed by atoms with van der Waals surface area (Å²) >= 11 is 0. The largest absolute Gasteiger partial charge is 0.376 e. The number of hydrogen-bond donors (Lipinski definition) is 2. The average Bonchev–Trinajstić information content (AvgIpc) is 2.92. The summed E-state index contributed by atoms with van der Waals surface area (Å²) in [6.07, 6.45) is 6.13. The Morgan fingerprint density at radius 3 is 3.05 bits per heavy atom. The van der Waals surface area contributed by atoms with Crippen molar-refractivity contribution in [2.45, 2.75) is 45.3 Å². The van der Waals surface area contributed by atoms with Crippen LogP contribution in [0.15, 0.2) is 4.79 Å². The molecule has 3 rings (SSSR count). The lowest BCUT2D eigenvalue weighted by molar-refractivity contribution is 0.107. The Morgan fingerprint density at radius 1 is 1.37 bits per heavy atom. The summed E-state index contributed by atoms with van der Waals surface area (Å²) in [7, 11) is 0. The lowest BCUT2D eigenvalue weighted by Crippen LogP contribution is -2.28. The lowest BCUT2D eigenvalue weighted by Gasteiger charge is -2.16. The molecule has 0 amide bonds. The minimum atomic E-state index is -0.0395. The highest BCUT2D eigenvalue weighted by Crippen LogP contribution is 2.23. The Balaban J connectivity index is 1.61. The van der Waals surface area contributed by atoms with Crippen LogP contribution in [0.1, 0.15) is 42.8 Å². The third kappa shape index (κ3) is 3.04. The molecule has 1 aromatic heterocycles. The van der Waals surface area contributed by atoms with E-state index in [0.717, 1.165) is 30.4 Å². The van der Waals surface area contributed by atoms with Crippen molar-refractivity contribution in [2.24, 2.45) is 5.92 Å². The van der Waals surface area contributed by atoms with Gasteiger partial charge in [-0.2, -0.15) is 0 Å². The van der Waals surface area contributed by atoms with Gasteiger partial charge in [-0.15, -0.1) is 0 Å². The summed E-state index contributed by atoms with van der Waals surface area (Å²) in [6.45, 7) is 2.75. The molecule has 0 saturated heterocycles. The Hall–Kier alpha value is -1.20. The molecule has 2 aliphatic rings. The van der Waals surface area contributed by atoms with E-state index >= 15 is 0 Å². The normalized spacial score (nSPS) is 19.6. The molecule has 1 fully saturated rings. The molecular formula is C14H21N3O2. The topological polar surface area (TPSA) is 67.0 Å². The van der Waals surface area contributed by atoms with Crippen LogP contribution in [0.25, 0.3) is 0 Å². The van der Waals surface area contributed by atoms with Gasteiger partial charge >= 0.3 is 0 Å². The SMILES string of the molecule is O=c1[nH]c(CNCC2CCCC2)nc2c1COCC2. The Labute approximate surface area is 112 Å². The van der Waals surface area contributed by atoms with Crippen molar-refractivity contribution in [1.82, 2.24) is 15.3 Å². The summed E-state index contributed by atoms with van der Waals surface area (Å²) in [5.74, 6) is 1.56. The van der Waals surface area contributed by atoms with Crippen molar-refractivity contribution >= 4 is 0 Å². The molecule has 0 aromatic carbocycles.